The number of rotatable bonds is 6. The smallest absolute Gasteiger partial charge is 0.347 e. The normalized spacial score (nSPS) is 24.2. The zero-order valence-corrected chi connectivity index (χ0v) is 20.1. The molecule has 0 spiro atoms. The summed E-state index contributed by atoms with van der Waals surface area (Å²) in [5, 5.41) is 2.80. The van der Waals surface area contributed by atoms with Gasteiger partial charge in [0.25, 0.3) is 5.91 Å². The molecule has 1 aliphatic heterocycles. The van der Waals surface area contributed by atoms with Gasteiger partial charge in [0.15, 0.2) is 9.84 Å². The minimum absolute atomic E-state index is 0.00697. The van der Waals surface area contributed by atoms with E-state index in [1.54, 1.807) is 0 Å². The van der Waals surface area contributed by atoms with Gasteiger partial charge in [-0.05, 0) is 67.9 Å². The molecule has 2 saturated carbocycles. The summed E-state index contributed by atoms with van der Waals surface area (Å²) in [7, 11) is -3.54. The van der Waals surface area contributed by atoms with Crippen molar-refractivity contribution in [2.45, 2.75) is 54.9 Å². The van der Waals surface area contributed by atoms with E-state index in [2.05, 4.69) is 5.32 Å². The van der Waals surface area contributed by atoms with Crippen LogP contribution in [0.5, 0.6) is 0 Å². The molecular formula is C25H24F4N2O4S. The highest BCUT2D eigenvalue weighted by atomic mass is 32.2. The first kappa shape index (κ1) is 24.7. The number of alkyl halides is 3. The zero-order valence-electron chi connectivity index (χ0n) is 19.3. The molecule has 1 N–H and O–H groups in total. The summed E-state index contributed by atoms with van der Waals surface area (Å²) < 4.78 is 77.5. The summed E-state index contributed by atoms with van der Waals surface area (Å²) in [5.74, 6) is -1.96. The average Bonchev–Trinajstić information content (AvgIpc) is 3.74. The number of hydrogen-bond donors (Lipinski definition) is 1. The predicted molar refractivity (Wildman–Crippen MR) is 121 cm³/mol. The van der Waals surface area contributed by atoms with Crippen LogP contribution in [0.25, 0.3) is 0 Å². The maximum absolute atomic E-state index is 14.7. The van der Waals surface area contributed by atoms with Crippen LogP contribution in [-0.4, -0.2) is 43.5 Å². The largest absolute Gasteiger partial charge is 0.416 e. The van der Waals surface area contributed by atoms with E-state index in [1.165, 1.54) is 29.2 Å². The van der Waals surface area contributed by atoms with E-state index >= 15 is 0 Å². The number of carbonyl (C=O) groups is 2. The number of fused-ring (bicyclic) bond motifs is 1. The molecule has 1 saturated heterocycles. The first-order valence-electron chi connectivity index (χ1n) is 11.6. The van der Waals surface area contributed by atoms with Crippen molar-refractivity contribution in [2.24, 2.45) is 11.8 Å². The number of carbonyl (C=O) groups excluding carboxylic acids is 2. The lowest BCUT2D eigenvalue weighted by Gasteiger charge is -2.29. The van der Waals surface area contributed by atoms with Crippen molar-refractivity contribution in [3.63, 3.8) is 0 Å². The van der Waals surface area contributed by atoms with Gasteiger partial charge in [-0.2, -0.15) is 13.2 Å². The molecule has 3 fully saturated rings. The third-order valence-electron chi connectivity index (χ3n) is 7.20. The fourth-order valence-corrected chi connectivity index (χ4v) is 5.74. The second kappa shape index (κ2) is 8.57. The Hall–Kier alpha value is -2.95. The summed E-state index contributed by atoms with van der Waals surface area (Å²) in [4.78, 5) is 28.1. The van der Waals surface area contributed by atoms with E-state index in [4.69, 9.17) is 0 Å². The fourth-order valence-electron chi connectivity index (χ4n) is 5.08. The second-order valence-electron chi connectivity index (χ2n) is 9.88. The number of nitrogens with zero attached hydrogens (tertiary/aromatic N) is 1. The van der Waals surface area contributed by atoms with Gasteiger partial charge in [-0.1, -0.05) is 12.1 Å². The fraction of sp³-hybridized carbons (Fsp3) is 0.440. The minimum atomic E-state index is -4.68. The molecule has 36 heavy (non-hydrogen) atoms. The number of benzene rings is 2. The molecule has 0 bridgehead atoms. The van der Waals surface area contributed by atoms with Crippen LogP contribution < -0.4 is 5.32 Å². The number of piperidine rings is 1. The first-order valence-corrected chi connectivity index (χ1v) is 13.5. The van der Waals surface area contributed by atoms with E-state index in [9.17, 15) is 35.6 Å². The Kier molecular flexibility index (Phi) is 5.89. The molecular weight excluding hydrogens is 500 g/mol. The minimum Gasteiger partial charge on any atom is -0.347 e. The Labute approximate surface area is 205 Å². The van der Waals surface area contributed by atoms with Gasteiger partial charge >= 0.3 is 6.18 Å². The van der Waals surface area contributed by atoms with Gasteiger partial charge in [-0.15, -0.1) is 0 Å². The molecule has 2 aromatic rings. The highest BCUT2D eigenvalue weighted by Gasteiger charge is 2.56. The maximum atomic E-state index is 14.7. The Morgan fingerprint density at radius 3 is 2.42 bits per heavy atom. The lowest BCUT2D eigenvalue weighted by molar-refractivity contribution is -0.137. The van der Waals surface area contributed by atoms with Crippen LogP contribution in [0.4, 0.5) is 17.6 Å². The van der Waals surface area contributed by atoms with Gasteiger partial charge in [-0.25, -0.2) is 12.8 Å². The number of likely N-dealkylation sites (tertiary alicyclic amines) is 1. The summed E-state index contributed by atoms with van der Waals surface area (Å²) in [5.41, 5.74) is -0.967. The zero-order chi connectivity index (χ0) is 26.0. The molecule has 11 heteroatoms. The van der Waals surface area contributed by atoms with Gasteiger partial charge in [0, 0.05) is 23.4 Å². The molecule has 192 valence electrons. The quantitative estimate of drug-likeness (QED) is 0.577. The molecule has 1 heterocycles. The number of amides is 2. The van der Waals surface area contributed by atoms with Crippen LogP contribution >= 0.6 is 0 Å². The van der Waals surface area contributed by atoms with Gasteiger partial charge < -0.3 is 10.2 Å². The summed E-state index contributed by atoms with van der Waals surface area (Å²) >= 11 is 0. The van der Waals surface area contributed by atoms with Crippen molar-refractivity contribution in [3.05, 3.63) is 65.0 Å². The van der Waals surface area contributed by atoms with E-state index in [0.717, 1.165) is 24.8 Å². The number of nitrogens with one attached hydrogen (secondary N) is 1. The number of sulfone groups is 1. The third-order valence-corrected chi connectivity index (χ3v) is 8.31. The van der Waals surface area contributed by atoms with E-state index in [1.807, 2.05) is 0 Å². The number of hydrogen-bond acceptors (Lipinski definition) is 4. The SMILES string of the molecule is CS(=O)(=O)c1cccc(C(=O)N2[C@@H](C(=O)N[C@@H](c3ccc(C(F)(F)F)cc3F)C3CC3)C[C@H]3C[C@H]32)c1. The highest BCUT2D eigenvalue weighted by Crippen LogP contribution is 2.49. The lowest BCUT2D eigenvalue weighted by Crippen LogP contribution is -2.49. The van der Waals surface area contributed by atoms with Crippen LogP contribution in [0.1, 0.15) is 53.2 Å². The van der Waals surface area contributed by atoms with Crippen molar-refractivity contribution in [2.75, 3.05) is 6.26 Å². The Morgan fingerprint density at radius 1 is 1.08 bits per heavy atom. The molecule has 3 aliphatic rings. The predicted octanol–water partition coefficient (Wildman–Crippen LogP) is 4.12. The second-order valence-corrected chi connectivity index (χ2v) is 11.9. The molecule has 2 amide bonds. The molecule has 4 atom stereocenters. The topological polar surface area (TPSA) is 83.6 Å². The Balaban J connectivity index is 1.38. The molecule has 5 rings (SSSR count). The Morgan fingerprint density at radius 2 is 1.81 bits per heavy atom. The van der Waals surface area contributed by atoms with E-state index in [0.29, 0.717) is 25.3 Å². The molecule has 0 unspecified atom stereocenters. The number of halogens is 4. The van der Waals surface area contributed by atoms with Crippen molar-refractivity contribution in [3.8, 4) is 0 Å². The van der Waals surface area contributed by atoms with Crippen molar-refractivity contribution >= 4 is 21.7 Å². The van der Waals surface area contributed by atoms with Crippen LogP contribution in [-0.2, 0) is 20.8 Å². The molecule has 0 radical (unpaired) electrons. The molecule has 2 aliphatic carbocycles. The van der Waals surface area contributed by atoms with E-state index < -0.39 is 51.3 Å². The monoisotopic (exact) mass is 524 g/mol. The Bertz CT molecular complexity index is 1340. The van der Waals surface area contributed by atoms with Crippen LogP contribution in [0, 0.1) is 17.7 Å². The van der Waals surface area contributed by atoms with Crippen molar-refractivity contribution in [1.82, 2.24) is 10.2 Å². The average molecular weight is 525 g/mol. The summed E-state index contributed by atoms with van der Waals surface area (Å²) in [6, 6.07) is 6.16. The van der Waals surface area contributed by atoms with E-state index in [-0.39, 0.29) is 33.9 Å². The van der Waals surface area contributed by atoms with Crippen LogP contribution in [0.2, 0.25) is 0 Å². The molecule has 0 aromatic heterocycles. The summed E-state index contributed by atoms with van der Waals surface area (Å²) in [6.45, 7) is 0. The standard InChI is InChI=1S/C25H24F4N2O4S/c1-36(34,35)17-4-2-3-14(9-17)24(33)31-20-10-15(20)11-21(31)23(32)30-22(13-5-6-13)18-8-7-16(12-19(18)26)25(27,28)29/h2-4,7-9,12-13,15,20-22H,5-6,10-11H2,1H3,(H,30,32)/t15-,20-,21-,22-/m1/s1. The molecule has 6 nitrogen and oxygen atoms in total. The lowest BCUT2D eigenvalue weighted by atomic mass is 9.99. The van der Waals surface area contributed by atoms with Crippen molar-refractivity contribution < 1.29 is 35.6 Å². The summed E-state index contributed by atoms with van der Waals surface area (Å²) in [6.07, 6.45) is -1.10. The first-order chi connectivity index (χ1) is 16.8. The van der Waals surface area contributed by atoms with Crippen LogP contribution in [0.3, 0.4) is 0 Å². The van der Waals surface area contributed by atoms with Crippen LogP contribution in [0.15, 0.2) is 47.4 Å². The van der Waals surface area contributed by atoms with Gasteiger partial charge in [0.1, 0.15) is 11.9 Å². The van der Waals surface area contributed by atoms with Gasteiger partial charge in [0.2, 0.25) is 5.91 Å². The highest BCUT2D eigenvalue weighted by molar-refractivity contribution is 7.90. The maximum Gasteiger partial charge on any atom is 0.416 e. The van der Waals surface area contributed by atoms with Gasteiger partial charge in [0.05, 0.1) is 16.5 Å². The molecule has 2 aromatic carbocycles. The third kappa shape index (κ3) is 4.72. The van der Waals surface area contributed by atoms with Crippen molar-refractivity contribution in [1.29, 1.82) is 0 Å². The van der Waals surface area contributed by atoms with Gasteiger partial charge in [-0.3, -0.25) is 9.59 Å².